The molecule has 2 aliphatic heterocycles. The van der Waals surface area contributed by atoms with Crippen LogP contribution >= 0.6 is 11.3 Å². The second-order valence-corrected chi connectivity index (χ2v) is 7.71. The zero-order valence-electron chi connectivity index (χ0n) is 15.9. The Balaban J connectivity index is 1.64. The summed E-state index contributed by atoms with van der Waals surface area (Å²) in [5.41, 5.74) is 3.49. The molecule has 0 spiro atoms. The first-order valence-corrected chi connectivity index (χ1v) is 10.1. The molecular weight excluding hydrogens is 378 g/mol. The Labute approximate surface area is 167 Å². The van der Waals surface area contributed by atoms with Crippen molar-refractivity contribution in [3.05, 3.63) is 45.9 Å². The summed E-state index contributed by atoms with van der Waals surface area (Å²) in [5.74, 6) is 0.533. The number of methoxy groups -OCH3 is 1. The van der Waals surface area contributed by atoms with Gasteiger partial charge in [-0.05, 0) is 43.3 Å². The van der Waals surface area contributed by atoms with Gasteiger partial charge >= 0.3 is 6.09 Å². The van der Waals surface area contributed by atoms with Crippen LogP contribution in [0, 0.1) is 0 Å². The zero-order chi connectivity index (χ0) is 19.5. The van der Waals surface area contributed by atoms with Gasteiger partial charge in [0, 0.05) is 28.9 Å². The number of carbonyl (C=O) groups is 1. The zero-order valence-corrected chi connectivity index (χ0v) is 16.8. The van der Waals surface area contributed by atoms with E-state index < -0.39 is 0 Å². The predicted octanol–water partition coefficient (Wildman–Crippen LogP) is 4.08. The van der Waals surface area contributed by atoms with E-state index in [9.17, 15) is 4.79 Å². The van der Waals surface area contributed by atoms with Crippen molar-refractivity contribution in [3.63, 3.8) is 0 Å². The Kier molecular flexibility index (Phi) is 5.50. The minimum absolute atomic E-state index is 0.00564. The van der Waals surface area contributed by atoms with E-state index in [-0.39, 0.29) is 12.2 Å². The van der Waals surface area contributed by atoms with Gasteiger partial charge < -0.3 is 19.5 Å². The molecule has 2 aromatic heterocycles. The maximum Gasteiger partial charge on any atom is 0.414 e. The average Bonchev–Trinajstić information content (AvgIpc) is 3.20. The molecule has 0 aromatic carbocycles. The van der Waals surface area contributed by atoms with Crippen molar-refractivity contribution < 1.29 is 19.0 Å². The Hall–Kier alpha value is -2.58. The van der Waals surface area contributed by atoms with Gasteiger partial charge in [-0.3, -0.25) is 4.90 Å². The lowest BCUT2D eigenvalue weighted by molar-refractivity contribution is 0.00585. The molecule has 1 saturated heterocycles. The molecule has 4 heterocycles. The fourth-order valence-corrected chi connectivity index (χ4v) is 4.29. The first kappa shape index (κ1) is 18.8. The number of allylic oxidation sites excluding steroid dienone is 1. The number of pyridine rings is 1. The highest BCUT2D eigenvalue weighted by Crippen LogP contribution is 2.37. The summed E-state index contributed by atoms with van der Waals surface area (Å²) < 4.78 is 16.6. The summed E-state index contributed by atoms with van der Waals surface area (Å²) in [6, 6.07) is 5.85. The van der Waals surface area contributed by atoms with Gasteiger partial charge in [0.25, 0.3) is 0 Å². The van der Waals surface area contributed by atoms with E-state index in [1.807, 2.05) is 24.4 Å². The highest BCUT2D eigenvalue weighted by Gasteiger charge is 2.29. The standard InChI is InChI=1S/C20H23N3O4S/c1-13-18(15-7-10-28-17(15)11-23(13)20(24)25-2)22-16-6-3-8-21-19(16)27-14-5-4-9-26-12-14/h3,6-8,10,14,22H,4-5,9,11-12H2,1-2H3/t14-/m1/s1. The number of ether oxygens (including phenoxy) is 3. The van der Waals surface area contributed by atoms with Crippen molar-refractivity contribution in [1.29, 1.82) is 0 Å². The van der Waals surface area contributed by atoms with E-state index in [4.69, 9.17) is 14.2 Å². The van der Waals surface area contributed by atoms with Gasteiger partial charge in [0.05, 0.1) is 26.0 Å². The lowest BCUT2D eigenvalue weighted by atomic mass is 10.1. The number of anilines is 1. The van der Waals surface area contributed by atoms with Crippen LogP contribution in [0.5, 0.6) is 5.88 Å². The number of aromatic nitrogens is 1. The fourth-order valence-electron chi connectivity index (χ4n) is 3.42. The Morgan fingerprint density at radius 2 is 2.32 bits per heavy atom. The number of amides is 1. The first-order valence-electron chi connectivity index (χ1n) is 9.27. The van der Waals surface area contributed by atoms with Crippen molar-refractivity contribution in [3.8, 4) is 5.88 Å². The molecule has 1 N–H and O–H groups in total. The number of rotatable bonds is 4. The quantitative estimate of drug-likeness (QED) is 0.832. The molecule has 1 atom stereocenters. The molecule has 2 aliphatic rings. The average molecular weight is 401 g/mol. The summed E-state index contributed by atoms with van der Waals surface area (Å²) >= 11 is 1.62. The number of carbonyl (C=O) groups excluding carboxylic acids is 1. The van der Waals surface area contributed by atoms with Gasteiger partial charge in [0.15, 0.2) is 0 Å². The van der Waals surface area contributed by atoms with E-state index in [1.54, 1.807) is 22.4 Å². The Bertz CT molecular complexity index is 889. The SMILES string of the molecule is COC(=O)N1Cc2sccc2C(Nc2cccnc2O[C@@H]2CCCOC2)=C1C. The van der Waals surface area contributed by atoms with E-state index >= 15 is 0 Å². The molecule has 28 heavy (non-hydrogen) atoms. The van der Waals surface area contributed by atoms with E-state index in [1.165, 1.54) is 7.11 Å². The number of fused-ring (bicyclic) bond motifs is 1. The van der Waals surface area contributed by atoms with Crippen LogP contribution in [0.3, 0.4) is 0 Å². The smallest absolute Gasteiger partial charge is 0.414 e. The van der Waals surface area contributed by atoms with Crippen molar-refractivity contribution >= 4 is 28.8 Å². The maximum atomic E-state index is 12.2. The molecule has 148 valence electrons. The lowest BCUT2D eigenvalue weighted by Crippen LogP contribution is -2.33. The lowest BCUT2D eigenvalue weighted by Gasteiger charge is -2.30. The molecule has 1 amide bonds. The van der Waals surface area contributed by atoms with E-state index in [0.717, 1.165) is 47.0 Å². The van der Waals surface area contributed by atoms with Crippen LogP contribution in [-0.4, -0.2) is 42.4 Å². The molecule has 2 aromatic rings. The van der Waals surface area contributed by atoms with Gasteiger partial charge in [-0.2, -0.15) is 0 Å². The topological polar surface area (TPSA) is 72.9 Å². The molecule has 7 nitrogen and oxygen atoms in total. The van der Waals surface area contributed by atoms with Crippen LogP contribution in [0.25, 0.3) is 5.70 Å². The number of thiophene rings is 1. The van der Waals surface area contributed by atoms with Crippen LogP contribution in [-0.2, 0) is 16.0 Å². The molecular formula is C20H23N3O4S. The highest BCUT2D eigenvalue weighted by molar-refractivity contribution is 7.10. The molecule has 8 heteroatoms. The molecule has 0 radical (unpaired) electrons. The monoisotopic (exact) mass is 401 g/mol. The van der Waals surface area contributed by atoms with Gasteiger partial charge in [-0.25, -0.2) is 9.78 Å². The van der Waals surface area contributed by atoms with Crippen molar-refractivity contribution in [1.82, 2.24) is 9.88 Å². The third kappa shape index (κ3) is 3.70. The first-order chi connectivity index (χ1) is 13.7. The minimum atomic E-state index is -0.377. The third-order valence-electron chi connectivity index (χ3n) is 4.91. The van der Waals surface area contributed by atoms with Crippen LogP contribution in [0.2, 0.25) is 0 Å². The van der Waals surface area contributed by atoms with Crippen LogP contribution < -0.4 is 10.1 Å². The van der Waals surface area contributed by atoms with Gasteiger partial charge in [-0.1, -0.05) is 0 Å². The van der Waals surface area contributed by atoms with Crippen molar-refractivity contribution in [2.45, 2.75) is 32.4 Å². The fraction of sp³-hybridized carbons (Fsp3) is 0.400. The molecule has 1 fully saturated rings. The number of hydrogen-bond acceptors (Lipinski definition) is 7. The maximum absolute atomic E-state index is 12.2. The number of hydrogen-bond donors (Lipinski definition) is 1. The molecule has 0 bridgehead atoms. The van der Waals surface area contributed by atoms with Gasteiger partial charge in [0.2, 0.25) is 5.88 Å². The van der Waals surface area contributed by atoms with Crippen LogP contribution in [0.15, 0.2) is 35.5 Å². The van der Waals surface area contributed by atoms with Crippen LogP contribution in [0.1, 0.15) is 30.2 Å². The number of nitrogens with one attached hydrogen (secondary N) is 1. The number of nitrogens with zero attached hydrogens (tertiary/aromatic N) is 2. The largest absolute Gasteiger partial charge is 0.470 e. The predicted molar refractivity (Wildman–Crippen MR) is 107 cm³/mol. The van der Waals surface area contributed by atoms with Crippen molar-refractivity contribution in [2.75, 3.05) is 25.6 Å². The second kappa shape index (κ2) is 8.20. The van der Waals surface area contributed by atoms with Crippen LogP contribution in [0.4, 0.5) is 10.5 Å². The van der Waals surface area contributed by atoms with Crippen molar-refractivity contribution in [2.24, 2.45) is 0 Å². The molecule has 0 aliphatic carbocycles. The molecule has 0 saturated carbocycles. The Morgan fingerprint density at radius 1 is 1.43 bits per heavy atom. The summed E-state index contributed by atoms with van der Waals surface area (Å²) in [5, 5.41) is 5.48. The summed E-state index contributed by atoms with van der Waals surface area (Å²) in [6.07, 6.45) is 3.26. The van der Waals surface area contributed by atoms with Gasteiger partial charge in [0.1, 0.15) is 11.8 Å². The summed E-state index contributed by atoms with van der Waals surface area (Å²) in [7, 11) is 1.39. The molecule has 4 rings (SSSR count). The Morgan fingerprint density at radius 3 is 3.11 bits per heavy atom. The van der Waals surface area contributed by atoms with E-state index in [0.29, 0.717) is 19.0 Å². The second-order valence-electron chi connectivity index (χ2n) is 6.71. The highest BCUT2D eigenvalue weighted by atomic mass is 32.1. The normalized spacial score (nSPS) is 19.2. The minimum Gasteiger partial charge on any atom is -0.470 e. The molecule has 0 unspecified atom stereocenters. The van der Waals surface area contributed by atoms with E-state index in [2.05, 4.69) is 16.4 Å². The van der Waals surface area contributed by atoms with Gasteiger partial charge in [-0.15, -0.1) is 11.3 Å². The third-order valence-corrected chi connectivity index (χ3v) is 5.81. The summed E-state index contributed by atoms with van der Waals surface area (Å²) in [4.78, 5) is 19.4. The summed E-state index contributed by atoms with van der Waals surface area (Å²) in [6.45, 7) is 3.77.